The maximum atomic E-state index is 13.0. The fourth-order valence-electron chi connectivity index (χ4n) is 4.55. The van der Waals surface area contributed by atoms with Gasteiger partial charge in [0.05, 0.1) is 18.1 Å². The van der Waals surface area contributed by atoms with E-state index in [9.17, 15) is 21.6 Å². The molecule has 8 nitrogen and oxygen atoms in total. The van der Waals surface area contributed by atoms with E-state index in [0.29, 0.717) is 42.4 Å². The van der Waals surface area contributed by atoms with Crippen LogP contribution in [0.1, 0.15) is 34.2 Å². The van der Waals surface area contributed by atoms with E-state index in [1.165, 1.54) is 15.6 Å². The zero-order chi connectivity index (χ0) is 22.4. The predicted octanol–water partition coefficient (Wildman–Crippen LogP) is 1.72. The van der Waals surface area contributed by atoms with Crippen LogP contribution in [0.2, 0.25) is 0 Å². The smallest absolute Gasteiger partial charge is 0.252 e. The van der Waals surface area contributed by atoms with Crippen LogP contribution in [0.3, 0.4) is 0 Å². The maximum Gasteiger partial charge on any atom is 0.252 e. The van der Waals surface area contributed by atoms with Gasteiger partial charge in [0, 0.05) is 49.2 Å². The maximum absolute atomic E-state index is 13.0. The van der Waals surface area contributed by atoms with Gasteiger partial charge in [-0.25, -0.2) is 16.8 Å². The molecule has 2 aromatic heterocycles. The van der Waals surface area contributed by atoms with Gasteiger partial charge in [-0.3, -0.25) is 9.69 Å². The Morgan fingerprint density at radius 1 is 1.19 bits per heavy atom. The number of thiophene rings is 1. The van der Waals surface area contributed by atoms with Crippen molar-refractivity contribution < 1.29 is 21.6 Å². The Labute approximate surface area is 187 Å². The van der Waals surface area contributed by atoms with E-state index in [-0.39, 0.29) is 29.9 Å². The minimum atomic E-state index is -3.46. The lowest BCUT2D eigenvalue weighted by atomic mass is 10.1. The van der Waals surface area contributed by atoms with Crippen molar-refractivity contribution in [1.29, 1.82) is 0 Å². The second-order valence-electron chi connectivity index (χ2n) is 8.25. The Bertz CT molecular complexity index is 1170. The van der Waals surface area contributed by atoms with Crippen molar-refractivity contribution >= 4 is 37.0 Å². The van der Waals surface area contributed by atoms with Crippen LogP contribution in [-0.2, 0) is 19.9 Å². The molecule has 0 aliphatic carbocycles. The van der Waals surface area contributed by atoms with Crippen LogP contribution >= 0.6 is 11.3 Å². The highest BCUT2D eigenvalue weighted by Crippen LogP contribution is 2.29. The van der Waals surface area contributed by atoms with Crippen LogP contribution in [0.15, 0.2) is 27.8 Å². The number of hydrogen-bond donors (Lipinski definition) is 0. The number of rotatable bonds is 6. The summed E-state index contributed by atoms with van der Waals surface area (Å²) in [6, 6.07) is 5.07. The highest BCUT2D eigenvalue weighted by molar-refractivity contribution is 7.91. The molecule has 0 spiro atoms. The molecule has 1 atom stereocenters. The molecular weight excluding hydrogens is 458 g/mol. The van der Waals surface area contributed by atoms with E-state index in [4.69, 9.17) is 0 Å². The molecule has 11 heteroatoms. The highest BCUT2D eigenvalue weighted by atomic mass is 32.2. The number of hydrogen-bond acceptors (Lipinski definition) is 7. The summed E-state index contributed by atoms with van der Waals surface area (Å²) in [5, 5.41) is 1.75. The number of aromatic nitrogens is 1. The molecule has 0 bridgehead atoms. The third-order valence-corrected chi connectivity index (χ3v) is 11.2. The first-order chi connectivity index (χ1) is 14.6. The van der Waals surface area contributed by atoms with Crippen LogP contribution in [0.5, 0.6) is 0 Å². The number of carbonyl (C=O) groups is 1. The van der Waals surface area contributed by atoms with Gasteiger partial charge in [0.1, 0.15) is 4.21 Å². The zero-order valence-electron chi connectivity index (χ0n) is 17.7. The second kappa shape index (κ2) is 8.43. The van der Waals surface area contributed by atoms with Gasteiger partial charge in [-0.05, 0) is 37.8 Å². The molecule has 2 saturated heterocycles. The Kier molecular flexibility index (Phi) is 6.16. The first-order valence-corrected chi connectivity index (χ1v) is 14.4. The molecule has 2 aliphatic rings. The first-order valence-electron chi connectivity index (χ1n) is 10.3. The van der Waals surface area contributed by atoms with Crippen molar-refractivity contribution in [1.82, 2.24) is 13.8 Å². The number of piperazine rings is 1. The molecule has 0 saturated carbocycles. The number of sulfonamides is 1. The number of Topliss-reactive ketones (excluding diaryl/α,β-unsaturated/α-hetero) is 1. The lowest BCUT2D eigenvalue weighted by Crippen LogP contribution is -2.49. The van der Waals surface area contributed by atoms with Crippen molar-refractivity contribution in [2.75, 3.05) is 44.2 Å². The van der Waals surface area contributed by atoms with Crippen LogP contribution in [0.4, 0.5) is 0 Å². The lowest BCUT2D eigenvalue weighted by Gasteiger charge is -2.33. The number of sulfone groups is 1. The van der Waals surface area contributed by atoms with Crippen LogP contribution < -0.4 is 0 Å². The van der Waals surface area contributed by atoms with Crippen molar-refractivity contribution in [3.63, 3.8) is 0 Å². The fourth-order valence-corrected chi connectivity index (χ4v) is 8.82. The van der Waals surface area contributed by atoms with Crippen LogP contribution in [0, 0.1) is 13.8 Å². The third kappa shape index (κ3) is 4.51. The summed E-state index contributed by atoms with van der Waals surface area (Å²) in [5.41, 5.74) is 2.33. The number of nitrogens with zero attached hydrogens (tertiary/aromatic N) is 3. The van der Waals surface area contributed by atoms with E-state index in [2.05, 4.69) is 0 Å². The van der Waals surface area contributed by atoms with Crippen LogP contribution in [0.25, 0.3) is 0 Å². The van der Waals surface area contributed by atoms with Gasteiger partial charge < -0.3 is 4.57 Å². The normalized spacial score (nSPS) is 22.7. The average Bonchev–Trinajstić information content (AvgIpc) is 3.42. The molecule has 0 radical (unpaired) electrons. The summed E-state index contributed by atoms with van der Waals surface area (Å²) in [6.07, 6.45) is 0.576. The number of carbonyl (C=O) groups excluding carboxylic acids is 1. The zero-order valence-corrected chi connectivity index (χ0v) is 20.1. The predicted molar refractivity (Wildman–Crippen MR) is 120 cm³/mol. The summed E-state index contributed by atoms with van der Waals surface area (Å²) in [7, 11) is -6.47. The van der Waals surface area contributed by atoms with E-state index in [0.717, 1.165) is 11.4 Å². The molecular formula is C20H27N3O5S3. The highest BCUT2D eigenvalue weighted by Gasteiger charge is 2.33. The van der Waals surface area contributed by atoms with Crippen molar-refractivity contribution in [3.8, 4) is 0 Å². The number of aryl methyl sites for hydroxylation is 1. The molecule has 2 aliphatic heterocycles. The van der Waals surface area contributed by atoms with Gasteiger partial charge >= 0.3 is 0 Å². The minimum absolute atomic E-state index is 0.0187. The SMILES string of the molecule is Cc1cc(C(=O)CN2CCN(S(=O)(=O)c3cccs3)CC2)c(C)n1[C@@H]1CCS(=O)(=O)C1. The van der Waals surface area contributed by atoms with Gasteiger partial charge in [-0.1, -0.05) is 6.07 Å². The molecule has 4 rings (SSSR count). The van der Waals surface area contributed by atoms with Gasteiger partial charge in [0.15, 0.2) is 15.6 Å². The molecule has 2 fully saturated rings. The van der Waals surface area contributed by atoms with Gasteiger partial charge in [-0.15, -0.1) is 11.3 Å². The van der Waals surface area contributed by atoms with Gasteiger partial charge in [-0.2, -0.15) is 4.31 Å². The average molecular weight is 486 g/mol. The summed E-state index contributed by atoms with van der Waals surface area (Å²) < 4.78 is 52.9. The molecule has 0 unspecified atom stereocenters. The number of ketones is 1. The Balaban J connectivity index is 1.40. The fraction of sp³-hybridized carbons (Fsp3) is 0.550. The van der Waals surface area contributed by atoms with Gasteiger partial charge in [0.25, 0.3) is 10.0 Å². The van der Waals surface area contributed by atoms with Crippen molar-refractivity contribution in [3.05, 3.63) is 40.5 Å². The Morgan fingerprint density at radius 2 is 1.90 bits per heavy atom. The van der Waals surface area contributed by atoms with Crippen LogP contribution in [-0.4, -0.2) is 80.6 Å². The molecule has 0 aromatic carbocycles. The Morgan fingerprint density at radius 3 is 2.48 bits per heavy atom. The van der Waals surface area contributed by atoms with Crippen molar-refractivity contribution in [2.45, 2.75) is 30.5 Å². The van der Waals surface area contributed by atoms with E-state index < -0.39 is 19.9 Å². The summed E-state index contributed by atoms with van der Waals surface area (Å²) in [5.74, 6) is 0.295. The van der Waals surface area contributed by atoms with E-state index in [1.54, 1.807) is 17.5 Å². The molecule has 2 aromatic rings. The summed E-state index contributed by atoms with van der Waals surface area (Å²) in [6.45, 7) is 5.70. The minimum Gasteiger partial charge on any atom is -0.344 e. The molecule has 0 N–H and O–H groups in total. The topological polar surface area (TPSA) is 96.8 Å². The molecule has 4 heterocycles. The van der Waals surface area contributed by atoms with E-state index >= 15 is 0 Å². The summed E-state index contributed by atoms with van der Waals surface area (Å²) in [4.78, 5) is 15.0. The van der Waals surface area contributed by atoms with E-state index in [1.807, 2.05) is 29.4 Å². The molecule has 0 amide bonds. The summed E-state index contributed by atoms with van der Waals surface area (Å²) >= 11 is 1.21. The largest absolute Gasteiger partial charge is 0.344 e. The quantitative estimate of drug-likeness (QED) is 0.578. The second-order valence-corrected chi connectivity index (χ2v) is 13.6. The monoisotopic (exact) mass is 485 g/mol. The lowest BCUT2D eigenvalue weighted by molar-refractivity contribution is 0.0901. The third-order valence-electron chi connectivity index (χ3n) is 6.15. The first kappa shape index (κ1) is 22.7. The van der Waals surface area contributed by atoms with Gasteiger partial charge in [0.2, 0.25) is 0 Å². The van der Waals surface area contributed by atoms with Crippen molar-refractivity contribution in [2.24, 2.45) is 0 Å². The Hall–Kier alpha value is -1.53. The standard InChI is InChI=1S/C20H27N3O5S3/c1-15-12-18(16(2)23(15)17-5-11-30(25,26)14-17)19(24)13-21-6-8-22(9-7-21)31(27,28)20-4-3-10-29-20/h3-4,10,12,17H,5-9,11,13-14H2,1-2H3/t17-/m1/s1. The molecule has 31 heavy (non-hydrogen) atoms. The molecule has 170 valence electrons.